The second-order valence-corrected chi connectivity index (χ2v) is 6.92. The third-order valence-corrected chi connectivity index (χ3v) is 4.42. The van der Waals surface area contributed by atoms with Crippen LogP contribution in [0.1, 0.15) is 51.9 Å². The van der Waals surface area contributed by atoms with E-state index in [1.54, 1.807) is 24.3 Å². The molecule has 0 radical (unpaired) electrons. The lowest BCUT2D eigenvalue weighted by atomic mass is 10.0. The molecule has 1 fully saturated rings. The van der Waals surface area contributed by atoms with E-state index in [-0.39, 0.29) is 6.42 Å². The van der Waals surface area contributed by atoms with Crippen LogP contribution in [0, 0.1) is 0 Å². The molecule has 1 saturated heterocycles. The van der Waals surface area contributed by atoms with Crippen LogP contribution in [-0.4, -0.2) is 56.9 Å². The van der Waals surface area contributed by atoms with Gasteiger partial charge < -0.3 is 25.2 Å². The van der Waals surface area contributed by atoms with Crippen molar-refractivity contribution in [1.29, 1.82) is 0 Å². The van der Waals surface area contributed by atoms with Crippen LogP contribution in [-0.2, 0) is 9.53 Å². The zero-order chi connectivity index (χ0) is 20.8. The maximum atomic E-state index is 10.4. The van der Waals surface area contributed by atoms with Gasteiger partial charge in [0.2, 0.25) is 0 Å². The van der Waals surface area contributed by atoms with Crippen molar-refractivity contribution in [3.05, 3.63) is 48.6 Å². The number of carboxylic acids is 1. The molecule has 6 nitrogen and oxygen atoms in total. The summed E-state index contributed by atoms with van der Waals surface area (Å²) in [7, 11) is 0. The number of carbonyl (C=O) groups is 1. The Morgan fingerprint density at radius 3 is 2.54 bits per heavy atom. The molecule has 0 bridgehead atoms. The molecule has 1 rings (SSSR count). The van der Waals surface area contributed by atoms with Crippen LogP contribution in [0.3, 0.4) is 0 Å². The van der Waals surface area contributed by atoms with Crippen molar-refractivity contribution in [2.45, 2.75) is 82.4 Å². The minimum absolute atomic E-state index is 0.0683. The van der Waals surface area contributed by atoms with Crippen molar-refractivity contribution in [2.75, 3.05) is 0 Å². The van der Waals surface area contributed by atoms with Crippen LogP contribution in [0.25, 0.3) is 0 Å². The summed E-state index contributed by atoms with van der Waals surface area (Å²) in [5.41, 5.74) is 0. The fraction of sp³-hybridized carbons (Fsp3) is 0.591. The standard InChI is InChI=1S/C22H34O6/c1-2-3-4-5-6-9-12-18(24)21-16-19(25)20(28-21)15-14-17(23)11-8-7-10-13-22(26)27/h3-4,6-9,14-15,17-21,23-25H,2,5,10-13,16H2,1H3,(H,26,27)/b4-3-,8-7-,9-6-,15-14+/t17-,18-,19+,20+,21-/m0/s1. The molecule has 0 aliphatic carbocycles. The van der Waals surface area contributed by atoms with Gasteiger partial charge in [-0.3, -0.25) is 4.79 Å². The summed E-state index contributed by atoms with van der Waals surface area (Å²) in [5, 5.41) is 38.8. The number of aliphatic hydroxyl groups is 3. The molecule has 0 amide bonds. The number of hydrogen-bond donors (Lipinski definition) is 4. The third-order valence-electron chi connectivity index (χ3n) is 4.42. The first-order valence-corrected chi connectivity index (χ1v) is 9.98. The third kappa shape index (κ3) is 10.6. The minimum atomic E-state index is -0.849. The second kappa shape index (κ2) is 14.3. The van der Waals surface area contributed by atoms with Crippen LogP contribution in [0.15, 0.2) is 48.6 Å². The van der Waals surface area contributed by atoms with Crippen LogP contribution in [0.5, 0.6) is 0 Å². The van der Waals surface area contributed by atoms with E-state index in [1.165, 1.54) is 0 Å². The van der Waals surface area contributed by atoms with E-state index in [4.69, 9.17) is 9.84 Å². The Kier molecular flexibility index (Phi) is 12.4. The van der Waals surface area contributed by atoms with Gasteiger partial charge in [0.1, 0.15) is 6.10 Å². The average Bonchev–Trinajstić information content (AvgIpc) is 3.03. The van der Waals surface area contributed by atoms with E-state index in [0.29, 0.717) is 25.7 Å². The summed E-state index contributed by atoms with van der Waals surface area (Å²) in [6, 6.07) is 0. The first-order chi connectivity index (χ1) is 13.4. The molecular weight excluding hydrogens is 360 g/mol. The fourth-order valence-electron chi connectivity index (χ4n) is 2.84. The Bertz CT molecular complexity index is 551. The minimum Gasteiger partial charge on any atom is -0.481 e. The van der Waals surface area contributed by atoms with Crippen LogP contribution in [0.2, 0.25) is 0 Å². The van der Waals surface area contributed by atoms with E-state index >= 15 is 0 Å². The Morgan fingerprint density at radius 1 is 1.11 bits per heavy atom. The number of aliphatic hydroxyl groups excluding tert-OH is 3. The van der Waals surface area contributed by atoms with Crippen molar-refractivity contribution < 1.29 is 30.0 Å². The molecule has 0 aromatic carbocycles. The highest BCUT2D eigenvalue weighted by molar-refractivity contribution is 5.66. The number of allylic oxidation sites excluding steroid dienone is 4. The van der Waals surface area contributed by atoms with E-state index in [9.17, 15) is 20.1 Å². The van der Waals surface area contributed by atoms with Gasteiger partial charge in [-0.15, -0.1) is 0 Å². The van der Waals surface area contributed by atoms with Crippen molar-refractivity contribution in [3.63, 3.8) is 0 Å². The monoisotopic (exact) mass is 394 g/mol. The van der Waals surface area contributed by atoms with Crippen LogP contribution in [0.4, 0.5) is 0 Å². The average molecular weight is 395 g/mol. The topological polar surface area (TPSA) is 107 Å². The first kappa shape index (κ1) is 24.3. The molecule has 158 valence electrons. The predicted molar refractivity (Wildman–Crippen MR) is 109 cm³/mol. The van der Waals surface area contributed by atoms with Gasteiger partial charge in [0.25, 0.3) is 0 Å². The number of aliphatic carboxylic acids is 1. The van der Waals surface area contributed by atoms with Crippen LogP contribution < -0.4 is 0 Å². The molecule has 0 aromatic rings. The maximum Gasteiger partial charge on any atom is 0.303 e. The normalized spacial score (nSPS) is 25.5. The van der Waals surface area contributed by atoms with Gasteiger partial charge in [-0.05, 0) is 32.1 Å². The molecule has 1 aliphatic heterocycles. The summed E-state index contributed by atoms with van der Waals surface area (Å²) in [6.07, 6.45) is 15.1. The molecule has 4 N–H and O–H groups in total. The zero-order valence-electron chi connectivity index (χ0n) is 16.6. The summed E-state index contributed by atoms with van der Waals surface area (Å²) < 4.78 is 5.72. The molecule has 28 heavy (non-hydrogen) atoms. The largest absolute Gasteiger partial charge is 0.481 e. The zero-order valence-corrected chi connectivity index (χ0v) is 16.6. The van der Waals surface area contributed by atoms with Crippen LogP contribution >= 0.6 is 0 Å². The van der Waals surface area contributed by atoms with Gasteiger partial charge in [0.05, 0.1) is 24.4 Å². The Labute approximate surface area is 167 Å². The number of ether oxygens (including phenoxy) is 1. The maximum absolute atomic E-state index is 10.4. The van der Waals surface area contributed by atoms with Gasteiger partial charge in [0.15, 0.2) is 0 Å². The summed E-state index contributed by atoms with van der Waals surface area (Å²) in [5.74, 6) is -0.849. The second-order valence-electron chi connectivity index (χ2n) is 6.92. The molecule has 6 heteroatoms. The van der Waals surface area contributed by atoms with E-state index in [2.05, 4.69) is 19.1 Å². The van der Waals surface area contributed by atoms with Crippen molar-refractivity contribution in [1.82, 2.24) is 0 Å². The van der Waals surface area contributed by atoms with E-state index in [1.807, 2.05) is 12.2 Å². The molecule has 1 heterocycles. The molecule has 0 saturated carbocycles. The van der Waals surface area contributed by atoms with E-state index < -0.39 is 36.5 Å². The lowest BCUT2D eigenvalue weighted by Crippen LogP contribution is -2.25. The van der Waals surface area contributed by atoms with Crippen molar-refractivity contribution in [2.24, 2.45) is 0 Å². The van der Waals surface area contributed by atoms with Gasteiger partial charge in [-0.2, -0.15) is 0 Å². The molecule has 0 unspecified atom stereocenters. The van der Waals surface area contributed by atoms with E-state index in [0.717, 1.165) is 12.8 Å². The number of hydrogen-bond acceptors (Lipinski definition) is 5. The predicted octanol–water partition coefficient (Wildman–Crippen LogP) is 2.90. The number of rotatable bonds is 13. The van der Waals surface area contributed by atoms with Gasteiger partial charge >= 0.3 is 5.97 Å². The fourth-order valence-corrected chi connectivity index (χ4v) is 2.84. The molecule has 0 spiro atoms. The Morgan fingerprint density at radius 2 is 1.82 bits per heavy atom. The molecule has 1 aliphatic rings. The summed E-state index contributed by atoms with van der Waals surface area (Å²) in [4.78, 5) is 10.4. The molecule has 5 atom stereocenters. The number of carboxylic acid groups (broad SMARTS) is 1. The molecule has 0 aromatic heterocycles. The van der Waals surface area contributed by atoms with Crippen molar-refractivity contribution >= 4 is 5.97 Å². The van der Waals surface area contributed by atoms with Crippen molar-refractivity contribution in [3.8, 4) is 0 Å². The summed E-state index contributed by atoms with van der Waals surface area (Å²) >= 11 is 0. The lowest BCUT2D eigenvalue weighted by Gasteiger charge is -2.16. The van der Waals surface area contributed by atoms with Gasteiger partial charge in [-0.1, -0.05) is 55.5 Å². The van der Waals surface area contributed by atoms with Gasteiger partial charge in [-0.25, -0.2) is 0 Å². The Hall–Kier alpha value is -1.73. The summed E-state index contributed by atoms with van der Waals surface area (Å²) in [6.45, 7) is 2.08. The SMILES string of the molecule is CC/C=C\C/C=C\C[C@H](O)[C@@H]1C[C@@H](O)[C@@H](/C=C/[C@@H](O)C/C=C\CCC(=O)O)O1. The Balaban J connectivity index is 2.34. The smallest absolute Gasteiger partial charge is 0.303 e. The first-order valence-electron chi connectivity index (χ1n) is 9.98. The van der Waals surface area contributed by atoms with Gasteiger partial charge in [0, 0.05) is 12.8 Å². The quantitative estimate of drug-likeness (QED) is 0.358. The highest BCUT2D eigenvalue weighted by Crippen LogP contribution is 2.25. The highest BCUT2D eigenvalue weighted by atomic mass is 16.5. The highest BCUT2D eigenvalue weighted by Gasteiger charge is 2.35. The lowest BCUT2D eigenvalue weighted by molar-refractivity contribution is -0.136. The molecular formula is C22H34O6.